The molecular weight excluding hydrogens is 356 g/mol. The first-order valence-electron chi connectivity index (χ1n) is 8.68. The molecule has 2 fully saturated rings. The van der Waals surface area contributed by atoms with Crippen molar-refractivity contribution in [3.63, 3.8) is 0 Å². The number of carboxylic acid groups (broad SMARTS) is 1. The highest BCUT2D eigenvalue weighted by molar-refractivity contribution is 7.16. The van der Waals surface area contributed by atoms with Crippen LogP contribution < -0.4 is 4.90 Å². The van der Waals surface area contributed by atoms with Crippen LogP contribution in [0.15, 0.2) is 11.4 Å². The van der Waals surface area contributed by atoms with Crippen LogP contribution in [0, 0.1) is 0 Å². The maximum atomic E-state index is 12.0. The Bertz CT molecular complexity index is 860. The Balaban J connectivity index is 1.52. The monoisotopic (exact) mass is 376 g/mol. The van der Waals surface area contributed by atoms with Crippen molar-refractivity contribution in [1.82, 2.24) is 14.9 Å². The predicted molar refractivity (Wildman–Crippen MR) is 96.7 cm³/mol. The maximum Gasteiger partial charge on any atom is 0.411 e. The zero-order chi connectivity index (χ0) is 18.3. The lowest BCUT2D eigenvalue weighted by molar-refractivity contribution is -0.137. The van der Waals surface area contributed by atoms with Gasteiger partial charge in [-0.05, 0) is 11.4 Å². The minimum absolute atomic E-state index is 0.314. The molecule has 26 heavy (non-hydrogen) atoms. The third-order valence-corrected chi connectivity index (χ3v) is 5.82. The SMILES string of the molecule is CCc1nc(N2CCC3(CC2)CN(CC(=O)O)C(=O)O3)c2ccsc2n1. The summed E-state index contributed by atoms with van der Waals surface area (Å²) in [5.41, 5.74) is -0.586. The van der Waals surface area contributed by atoms with Crippen LogP contribution in [0.2, 0.25) is 0 Å². The summed E-state index contributed by atoms with van der Waals surface area (Å²) in [6.45, 7) is 3.48. The molecule has 0 atom stereocenters. The number of anilines is 1. The number of hydrogen-bond donors (Lipinski definition) is 1. The minimum Gasteiger partial charge on any atom is -0.480 e. The summed E-state index contributed by atoms with van der Waals surface area (Å²) in [5, 5.41) is 12.0. The van der Waals surface area contributed by atoms with Gasteiger partial charge >= 0.3 is 12.1 Å². The molecule has 2 saturated heterocycles. The third-order valence-electron chi connectivity index (χ3n) is 5.01. The number of hydrogen-bond acceptors (Lipinski definition) is 7. The number of carbonyl (C=O) groups excluding carboxylic acids is 1. The molecule has 2 aromatic heterocycles. The number of aryl methyl sites for hydroxylation is 1. The van der Waals surface area contributed by atoms with E-state index in [9.17, 15) is 9.59 Å². The lowest BCUT2D eigenvalue weighted by atomic mass is 9.91. The van der Waals surface area contributed by atoms with Crippen molar-refractivity contribution in [2.24, 2.45) is 0 Å². The summed E-state index contributed by atoms with van der Waals surface area (Å²) in [6.07, 6.45) is 1.56. The van der Waals surface area contributed by atoms with Crippen LogP contribution in [-0.2, 0) is 16.0 Å². The van der Waals surface area contributed by atoms with Gasteiger partial charge in [0.25, 0.3) is 0 Å². The van der Waals surface area contributed by atoms with Gasteiger partial charge in [0.2, 0.25) is 0 Å². The van der Waals surface area contributed by atoms with E-state index in [-0.39, 0.29) is 6.54 Å². The summed E-state index contributed by atoms with van der Waals surface area (Å²) < 4.78 is 5.57. The van der Waals surface area contributed by atoms with E-state index >= 15 is 0 Å². The van der Waals surface area contributed by atoms with E-state index in [1.807, 2.05) is 18.4 Å². The standard InChI is InChI=1S/C17H20N4O4S/c1-2-12-18-14(11-3-8-26-15(11)19-12)20-6-4-17(5-7-20)10-21(9-13(22)23)16(24)25-17/h3,8H,2,4-7,9-10H2,1H3,(H,22,23). The van der Waals surface area contributed by atoms with Crippen molar-refractivity contribution in [2.75, 3.05) is 31.1 Å². The Labute approximate surface area is 154 Å². The molecule has 4 heterocycles. The molecule has 138 valence electrons. The second kappa shape index (κ2) is 6.39. The van der Waals surface area contributed by atoms with Crippen LogP contribution in [0.3, 0.4) is 0 Å². The molecule has 8 nitrogen and oxygen atoms in total. The average Bonchev–Trinajstić information content (AvgIpc) is 3.19. The molecule has 2 aliphatic heterocycles. The smallest absolute Gasteiger partial charge is 0.411 e. The second-order valence-corrected chi connectivity index (χ2v) is 7.64. The van der Waals surface area contributed by atoms with Crippen LogP contribution in [-0.4, -0.2) is 63.8 Å². The molecule has 4 rings (SSSR count). The molecular formula is C17H20N4O4S. The van der Waals surface area contributed by atoms with Gasteiger partial charge in [-0.25, -0.2) is 14.8 Å². The molecule has 1 N–H and O–H groups in total. The lowest BCUT2D eigenvalue weighted by Gasteiger charge is -2.38. The van der Waals surface area contributed by atoms with Crippen LogP contribution >= 0.6 is 11.3 Å². The highest BCUT2D eigenvalue weighted by Gasteiger charge is 2.47. The van der Waals surface area contributed by atoms with Crippen LogP contribution in [0.5, 0.6) is 0 Å². The molecule has 2 aliphatic rings. The molecule has 0 unspecified atom stereocenters. The fourth-order valence-electron chi connectivity index (χ4n) is 3.65. The topological polar surface area (TPSA) is 95.9 Å². The second-order valence-electron chi connectivity index (χ2n) is 6.74. The van der Waals surface area contributed by atoms with Crippen molar-refractivity contribution < 1.29 is 19.4 Å². The number of thiophene rings is 1. The van der Waals surface area contributed by atoms with E-state index in [0.717, 1.165) is 28.3 Å². The van der Waals surface area contributed by atoms with Gasteiger partial charge in [0, 0.05) is 32.4 Å². The number of aliphatic carboxylic acids is 1. The Hall–Kier alpha value is -2.42. The fourth-order valence-corrected chi connectivity index (χ4v) is 4.42. The summed E-state index contributed by atoms with van der Waals surface area (Å²) in [5.74, 6) is 0.745. The normalized spacial score (nSPS) is 19.3. The fraction of sp³-hybridized carbons (Fsp3) is 0.529. The largest absolute Gasteiger partial charge is 0.480 e. The molecule has 1 amide bonds. The lowest BCUT2D eigenvalue weighted by Crippen LogP contribution is -2.47. The van der Waals surface area contributed by atoms with E-state index in [1.54, 1.807) is 11.3 Å². The first-order valence-corrected chi connectivity index (χ1v) is 9.56. The van der Waals surface area contributed by atoms with E-state index < -0.39 is 17.7 Å². The zero-order valence-electron chi connectivity index (χ0n) is 14.5. The number of amides is 1. The average molecular weight is 376 g/mol. The van der Waals surface area contributed by atoms with Gasteiger partial charge in [-0.1, -0.05) is 6.92 Å². The number of aromatic nitrogens is 2. The minimum atomic E-state index is -1.02. The molecule has 9 heteroatoms. The van der Waals surface area contributed by atoms with Crippen molar-refractivity contribution in [2.45, 2.75) is 31.8 Å². The van der Waals surface area contributed by atoms with E-state index in [2.05, 4.69) is 9.88 Å². The highest BCUT2D eigenvalue weighted by Crippen LogP contribution is 2.36. The van der Waals surface area contributed by atoms with Gasteiger partial charge in [0.1, 0.15) is 28.6 Å². The molecule has 0 radical (unpaired) electrons. The number of fused-ring (bicyclic) bond motifs is 1. The predicted octanol–water partition coefficient (Wildman–Crippen LogP) is 2.13. The summed E-state index contributed by atoms with van der Waals surface area (Å²) in [4.78, 5) is 36.6. The summed E-state index contributed by atoms with van der Waals surface area (Å²) in [6, 6.07) is 2.04. The Morgan fingerprint density at radius 3 is 2.85 bits per heavy atom. The Morgan fingerprint density at radius 1 is 1.38 bits per heavy atom. The van der Waals surface area contributed by atoms with E-state index in [4.69, 9.17) is 14.8 Å². The molecule has 0 aliphatic carbocycles. The first-order chi connectivity index (χ1) is 12.5. The van der Waals surface area contributed by atoms with E-state index in [0.29, 0.717) is 32.5 Å². The van der Waals surface area contributed by atoms with Crippen molar-refractivity contribution in [3.05, 3.63) is 17.3 Å². The zero-order valence-corrected chi connectivity index (χ0v) is 15.3. The molecule has 0 aromatic carbocycles. The maximum absolute atomic E-state index is 12.0. The first kappa shape index (κ1) is 17.0. The number of nitrogens with zero attached hydrogens (tertiary/aromatic N) is 4. The van der Waals surface area contributed by atoms with E-state index in [1.165, 1.54) is 4.90 Å². The number of piperidine rings is 1. The van der Waals surface area contributed by atoms with Gasteiger partial charge in [0.15, 0.2) is 0 Å². The molecule has 1 spiro atoms. The third kappa shape index (κ3) is 2.96. The van der Waals surface area contributed by atoms with Gasteiger partial charge in [-0.3, -0.25) is 9.69 Å². The van der Waals surface area contributed by atoms with Gasteiger partial charge in [-0.15, -0.1) is 11.3 Å². The quantitative estimate of drug-likeness (QED) is 0.873. The van der Waals surface area contributed by atoms with Gasteiger partial charge in [-0.2, -0.15) is 0 Å². The highest BCUT2D eigenvalue weighted by atomic mass is 32.1. The van der Waals surface area contributed by atoms with Crippen molar-refractivity contribution in [1.29, 1.82) is 0 Å². The van der Waals surface area contributed by atoms with Gasteiger partial charge in [0.05, 0.1) is 11.9 Å². The molecule has 0 bridgehead atoms. The van der Waals surface area contributed by atoms with Gasteiger partial charge < -0.3 is 14.7 Å². The summed E-state index contributed by atoms with van der Waals surface area (Å²) >= 11 is 1.61. The van der Waals surface area contributed by atoms with Crippen molar-refractivity contribution in [3.8, 4) is 0 Å². The number of carbonyl (C=O) groups is 2. The number of ether oxygens (including phenoxy) is 1. The molecule has 0 saturated carbocycles. The van der Waals surface area contributed by atoms with Crippen LogP contribution in [0.1, 0.15) is 25.6 Å². The number of carboxylic acids is 1. The molecule has 2 aromatic rings. The number of rotatable bonds is 4. The van der Waals surface area contributed by atoms with Crippen LogP contribution in [0.25, 0.3) is 10.2 Å². The van der Waals surface area contributed by atoms with Crippen molar-refractivity contribution >= 4 is 39.4 Å². The summed E-state index contributed by atoms with van der Waals surface area (Å²) in [7, 11) is 0. The Kier molecular flexibility index (Phi) is 4.18. The van der Waals surface area contributed by atoms with Crippen LogP contribution in [0.4, 0.5) is 10.6 Å². The Morgan fingerprint density at radius 2 is 2.15 bits per heavy atom.